The predicted octanol–water partition coefficient (Wildman–Crippen LogP) is -2.05. The van der Waals surface area contributed by atoms with Gasteiger partial charge in [0.25, 0.3) is 0 Å². The molecule has 0 atom stereocenters. The molecular weight excluding hydrogens is 381 g/mol. The van der Waals surface area contributed by atoms with Crippen molar-refractivity contribution in [2.24, 2.45) is 34.4 Å². The van der Waals surface area contributed by atoms with Crippen molar-refractivity contribution < 1.29 is 18.5 Å². The average molecular weight is 408 g/mol. The zero-order chi connectivity index (χ0) is 13.8. The maximum absolute atomic E-state index is 4.94. The van der Waals surface area contributed by atoms with Gasteiger partial charge in [-0.25, -0.2) is 0 Å². The molecule has 17 heavy (non-hydrogen) atoms. The van der Waals surface area contributed by atoms with Gasteiger partial charge < -0.3 is 39.9 Å². The predicted molar refractivity (Wildman–Crippen MR) is 75.5 cm³/mol. The van der Waals surface area contributed by atoms with E-state index in [9.17, 15) is 0 Å². The van der Waals surface area contributed by atoms with Crippen LogP contribution in [0.1, 0.15) is 0 Å². The van der Waals surface area contributed by atoms with Crippen LogP contribution in [0.15, 0.2) is 0 Å². The molecule has 0 fully saturated rings. The second kappa shape index (κ2) is 43.4. The van der Waals surface area contributed by atoms with Gasteiger partial charge in [-0.15, -0.1) is 0 Å². The van der Waals surface area contributed by atoms with Crippen molar-refractivity contribution in [3.63, 3.8) is 0 Å². The van der Waals surface area contributed by atoms with Crippen LogP contribution >= 0.6 is 29.1 Å². The topological polar surface area (TPSA) is 188 Å². The molecule has 11 heteroatoms. The molecule has 116 valence electrons. The molecule has 0 aliphatic heterocycles. The first-order chi connectivity index (χ1) is 7.47. The van der Waals surface area contributed by atoms with Gasteiger partial charge in [-0.05, 0) is 0 Å². The van der Waals surface area contributed by atoms with Crippen LogP contribution in [0.5, 0.6) is 0 Å². The van der Waals surface area contributed by atoms with E-state index in [-0.39, 0.29) is 5.48 Å². The minimum atomic E-state index is -1.66. The van der Waals surface area contributed by atoms with Gasteiger partial charge in [-0.2, -0.15) is 0 Å². The number of halogens is 3. The van der Waals surface area contributed by atoms with E-state index < -0.39 is 13.0 Å². The van der Waals surface area contributed by atoms with Crippen molar-refractivity contribution in [3.05, 3.63) is 0 Å². The Morgan fingerprint density at radius 2 is 0.588 bits per heavy atom. The van der Waals surface area contributed by atoms with E-state index in [0.29, 0.717) is 39.3 Å². The maximum atomic E-state index is 4.94. The first-order valence-corrected chi connectivity index (χ1v) is 10.7. The molecule has 0 heterocycles. The molecular formula is C6H26Cl3N6ORh. The van der Waals surface area contributed by atoms with Gasteiger partial charge in [0.2, 0.25) is 0 Å². The Bertz CT molecular complexity index is 70.5. The third-order valence-corrected chi connectivity index (χ3v) is 0.500. The monoisotopic (exact) mass is 406 g/mol. The van der Waals surface area contributed by atoms with Gasteiger partial charge in [-0.3, -0.25) is 0 Å². The quantitative estimate of drug-likeness (QED) is 0.292. The van der Waals surface area contributed by atoms with Crippen molar-refractivity contribution >= 4 is 29.1 Å². The Morgan fingerprint density at radius 1 is 0.529 bits per heavy atom. The van der Waals surface area contributed by atoms with Crippen molar-refractivity contribution in [3.8, 4) is 0 Å². The number of nitrogens with two attached hydrogens (primary N) is 6. The van der Waals surface area contributed by atoms with Gasteiger partial charge in [0.15, 0.2) is 0 Å². The Kier molecular flexibility index (Phi) is 78.9. The van der Waals surface area contributed by atoms with E-state index in [1.807, 2.05) is 0 Å². The summed E-state index contributed by atoms with van der Waals surface area (Å²) in [6.07, 6.45) is 0. The summed E-state index contributed by atoms with van der Waals surface area (Å²) in [5.41, 5.74) is 29.4. The van der Waals surface area contributed by atoms with Gasteiger partial charge in [0, 0.05) is 39.3 Å². The second-order valence-corrected chi connectivity index (χ2v) is 9.34. The first-order valence-electron chi connectivity index (χ1n) is 4.33. The second-order valence-electron chi connectivity index (χ2n) is 1.87. The first kappa shape index (κ1) is 30.9. The standard InChI is InChI=1S/3C2H8N2.3ClH.H2O.Rh/c3*3-1-2-4;;;;;/h3*1-4H2;3*1H;1H2;/q;;;;;;;+3/p-3. The number of rotatable bonds is 3. The van der Waals surface area contributed by atoms with Crippen molar-refractivity contribution in [2.45, 2.75) is 0 Å². The molecule has 0 unspecified atom stereocenters. The third-order valence-electron chi connectivity index (χ3n) is 0.500. The summed E-state index contributed by atoms with van der Waals surface area (Å²) in [7, 11) is 14.8. The molecule has 0 aromatic carbocycles. The van der Waals surface area contributed by atoms with E-state index in [1.165, 1.54) is 0 Å². The van der Waals surface area contributed by atoms with Gasteiger partial charge >= 0.3 is 42.1 Å². The molecule has 0 saturated heterocycles. The van der Waals surface area contributed by atoms with Gasteiger partial charge in [-0.1, -0.05) is 0 Å². The number of hydrogen-bond donors (Lipinski definition) is 6. The van der Waals surface area contributed by atoms with E-state index in [2.05, 4.69) is 0 Å². The average Bonchev–Trinajstić information content (AvgIpc) is 2.28. The summed E-state index contributed by atoms with van der Waals surface area (Å²) in [6, 6.07) is 0. The minimum absolute atomic E-state index is 0. The third kappa shape index (κ3) is 224. The molecule has 0 rings (SSSR count). The summed E-state index contributed by atoms with van der Waals surface area (Å²) in [5.74, 6) is 0. The van der Waals surface area contributed by atoms with Crippen LogP contribution in [0.4, 0.5) is 0 Å². The van der Waals surface area contributed by atoms with E-state index in [4.69, 9.17) is 63.5 Å². The normalized spacial score (nSPS) is 7.94. The molecule has 7 nitrogen and oxygen atoms in total. The summed E-state index contributed by atoms with van der Waals surface area (Å²) in [6.45, 7) is 3.58. The summed E-state index contributed by atoms with van der Waals surface area (Å²) < 4.78 is 0. The molecule has 0 radical (unpaired) electrons. The molecule has 14 N–H and O–H groups in total. The zero-order valence-electron chi connectivity index (χ0n) is 9.67. The van der Waals surface area contributed by atoms with Gasteiger partial charge in [0.1, 0.15) is 0 Å². The van der Waals surface area contributed by atoms with Crippen LogP contribution < -0.4 is 34.4 Å². The molecule has 0 spiro atoms. The Hall–Kier alpha value is 1.21. The zero-order valence-corrected chi connectivity index (χ0v) is 13.6. The van der Waals surface area contributed by atoms with Crippen LogP contribution in [0.3, 0.4) is 0 Å². The van der Waals surface area contributed by atoms with Crippen LogP contribution in [0, 0.1) is 0 Å². The fraction of sp³-hybridized carbons (Fsp3) is 1.00. The van der Waals surface area contributed by atoms with Crippen LogP contribution in [-0.4, -0.2) is 44.7 Å². The van der Waals surface area contributed by atoms with E-state index in [0.717, 1.165) is 0 Å². The van der Waals surface area contributed by atoms with E-state index >= 15 is 0 Å². The van der Waals surface area contributed by atoms with Crippen LogP contribution in [0.25, 0.3) is 0 Å². The summed E-state index contributed by atoms with van der Waals surface area (Å²) in [4.78, 5) is 0. The van der Waals surface area contributed by atoms with Gasteiger partial charge in [0.05, 0.1) is 0 Å². The SMILES string of the molecule is NCCN.NCCN.NCCN.O.[Cl][Rh]([Cl])[Cl]. The fourth-order valence-electron chi connectivity index (χ4n) is 0. The van der Waals surface area contributed by atoms with E-state index in [1.54, 1.807) is 0 Å². The fourth-order valence-corrected chi connectivity index (χ4v) is 0. The molecule has 0 aromatic heterocycles. The Labute approximate surface area is 121 Å². The molecule has 0 saturated carbocycles. The van der Waals surface area contributed by atoms with Crippen molar-refractivity contribution in [2.75, 3.05) is 39.3 Å². The van der Waals surface area contributed by atoms with Crippen molar-refractivity contribution in [1.29, 1.82) is 0 Å². The molecule has 0 bridgehead atoms. The Morgan fingerprint density at radius 3 is 0.588 bits per heavy atom. The van der Waals surface area contributed by atoms with Crippen LogP contribution in [-0.2, 0) is 13.0 Å². The van der Waals surface area contributed by atoms with Crippen LogP contribution in [0.2, 0.25) is 0 Å². The molecule has 0 aliphatic carbocycles. The molecule has 0 aromatic rings. The molecule has 0 amide bonds. The molecule has 0 aliphatic rings. The number of hydrogen-bond acceptors (Lipinski definition) is 6. The summed E-state index contributed by atoms with van der Waals surface area (Å²) >= 11 is -1.66. The van der Waals surface area contributed by atoms with Crippen molar-refractivity contribution in [1.82, 2.24) is 0 Å². The summed E-state index contributed by atoms with van der Waals surface area (Å²) in [5, 5.41) is 0. The Balaban J connectivity index is -0.0000000369.